The number of hydrogen-bond donors (Lipinski definition) is 0. The summed E-state index contributed by atoms with van der Waals surface area (Å²) in [5.41, 5.74) is -0.369. The molecule has 0 bridgehead atoms. The minimum Gasteiger partial charge on any atom is -0.312 e. The van der Waals surface area contributed by atoms with E-state index in [4.69, 9.17) is 0 Å². The fourth-order valence-corrected chi connectivity index (χ4v) is 4.04. The van der Waals surface area contributed by atoms with E-state index >= 15 is 0 Å². The summed E-state index contributed by atoms with van der Waals surface area (Å²) in [7, 11) is -3.74. The summed E-state index contributed by atoms with van der Waals surface area (Å²) in [6, 6.07) is 3.06. The van der Waals surface area contributed by atoms with Crippen molar-refractivity contribution in [1.29, 1.82) is 0 Å². The van der Waals surface area contributed by atoms with Gasteiger partial charge in [0.1, 0.15) is 0 Å². The molecule has 2 aromatic rings. The Bertz CT molecular complexity index is 811. The van der Waals surface area contributed by atoms with Gasteiger partial charge in [0.25, 0.3) is 10.0 Å². The molecule has 3 rings (SSSR count). The van der Waals surface area contributed by atoms with Gasteiger partial charge in [-0.3, -0.25) is 0 Å². The van der Waals surface area contributed by atoms with Crippen LogP contribution in [0.15, 0.2) is 23.4 Å². The summed E-state index contributed by atoms with van der Waals surface area (Å²) in [6.07, 6.45) is -4.47. The van der Waals surface area contributed by atoms with Crippen LogP contribution in [0.5, 0.6) is 0 Å². The van der Waals surface area contributed by atoms with E-state index in [1.54, 1.807) is 6.92 Å². The van der Waals surface area contributed by atoms with Gasteiger partial charge in [-0.1, -0.05) is 6.92 Å². The van der Waals surface area contributed by atoms with Crippen molar-refractivity contribution in [1.82, 2.24) is 13.9 Å². The monoisotopic (exact) mass is 319 g/mol. The van der Waals surface area contributed by atoms with Crippen LogP contribution in [0.1, 0.15) is 12.5 Å². The minimum absolute atomic E-state index is 0.190. The number of imidazole rings is 1. The zero-order valence-electron chi connectivity index (χ0n) is 11.1. The smallest absolute Gasteiger partial charge is 0.312 e. The number of rotatable bonds is 1. The van der Waals surface area contributed by atoms with Crippen molar-refractivity contribution in [3.8, 4) is 0 Å². The molecule has 0 amide bonds. The molecule has 0 saturated heterocycles. The Labute approximate surface area is 119 Å². The predicted molar refractivity (Wildman–Crippen MR) is 69.2 cm³/mol. The summed E-state index contributed by atoms with van der Waals surface area (Å²) >= 11 is 0. The van der Waals surface area contributed by atoms with Crippen LogP contribution in [-0.4, -0.2) is 35.4 Å². The molecule has 2 heterocycles. The zero-order chi connectivity index (χ0) is 15.4. The second kappa shape index (κ2) is 4.44. The fourth-order valence-electron chi connectivity index (χ4n) is 2.47. The first-order valence-corrected chi connectivity index (χ1v) is 7.77. The van der Waals surface area contributed by atoms with Crippen LogP contribution in [0.4, 0.5) is 13.2 Å². The predicted octanol–water partition coefficient (Wildman–Crippen LogP) is 2.08. The molecule has 1 aromatic heterocycles. The number of sulfonamides is 1. The molecule has 9 heteroatoms. The van der Waals surface area contributed by atoms with E-state index in [9.17, 15) is 21.6 Å². The summed E-state index contributed by atoms with van der Waals surface area (Å²) in [5.74, 6) is 0. The third-order valence-electron chi connectivity index (χ3n) is 3.54. The highest BCUT2D eigenvalue weighted by atomic mass is 32.2. The van der Waals surface area contributed by atoms with Crippen molar-refractivity contribution in [3.63, 3.8) is 0 Å². The number of likely N-dealkylation sites (N-methyl/N-ethyl adjacent to an activating group) is 1. The van der Waals surface area contributed by atoms with Crippen LogP contribution >= 0.6 is 0 Å². The van der Waals surface area contributed by atoms with Crippen molar-refractivity contribution in [2.75, 3.05) is 13.1 Å². The third kappa shape index (κ3) is 2.11. The van der Waals surface area contributed by atoms with Crippen molar-refractivity contribution in [3.05, 3.63) is 23.8 Å². The van der Waals surface area contributed by atoms with Crippen LogP contribution in [0.3, 0.4) is 0 Å². The highest BCUT2D eigenvalue weighted by Crippen LogP contribution is 2.33. The van der Waals surface area contributed by atoms with E-state index in [0.717, 1.165) is 12.1 Å². The van der Waals surface area contributed by atoms with Crippen molar-refractivity contribution in [2.45, 2.75) is 24.8 Å². The number of hydrogen-bond acceptors (Lipinski definition) is 3. The molecule has 0 N–H and O–H groups in total. The lowest BCUT2D eigenvalue weighted by molar-refractivity contribution is -0.137. The summed E-state index contributed by atoms with van der Waals surface area (Å²) in [4.78, 5) is 3.99. The maximum atomic E-state index is 12.8. The quantitative estimate of drug-likeness (QED) is 0.809. The Morgan fingerprint density at radius 2 is 2.00 bits per heavy atom. The van der Waals surface area contributed by atoms with E-state index in [1.807, 2.05) is 0 Å². The number of benzene rings is 1. The Kier molecular flexibility index (Phi) is 3.03. The van der Waals surface area contributed by atoms with Gasteiger partial charge < -0.3 is 4.57 Å². The van der Waals surface area contributed by atoms with Crippen molar-refractivity contribution < 1.29 is 21.6 Å². The molecular weight excluding hydrogens is 307 g/mol. The first-order chi connectivity index (χ1) is 9.75. The molecule has 0 atom stereocenters. The summed E-state index contributed by atoms with van der Waals surface area (Å²) in [6.45, 7) is 2.53. The molecule has 21 heavy (non-hydrogen) atoms. The second-order valence-corrected chi connectivity index (χ2v) is 6.58. The molecule has 1 aliphatic heterocycles. The van der Waals surface area contributed by atoms with E-state index < -0.39 is 21.8 Å². The molecule has 0 radical (unpaired) electrons. The van der Waals surface area contributed by atoms with Gasteiger partial charge >= 0.3 is 6.18 Å². The van der Waals surface area contributed by atoms with Gasteiger partial charge in [-0.25, -0.2) is 13.4 Å². The SMILES string of the molecule is CCN1CCn2c(nc3ccc(C(F)(F)F)cc32)S1(=O)=O. The highest BCUT2D eigenvalue weighted by molar-refractivity contribution is 7.89. The topological polar surface area (TPSA) is 55.2 Å². The summed E-state index contributed by atoms with van der Waals surface area (Å²) in [5, 5.41) is -0.190. The van der Waals surface area contributed by atoms with Crippen LogP contribution in [0.25, 0.3) is 11.0 Å². The normalized spacial score (nSPS) is 18.9. The summed E-state index contributed by atoms with van der Waals surface area (Å²) < 4.78 is 65.5. The van der Waals surface area contributed by atoms with Crippen molar-refractivity contribution >= 4 is 21.1 Å². The van der Waals surface area contributed by atoms with Gasteiger partial charge in [-0.2, -0.15) is 17.5 Å². The molecule has 0 unspecified atom stereocenters. The second-order valence-electron chi connectivity index (χ2n) is 4.74. The zero-order valence-corrected chi connectivity index (χ0v) is 11.9. The largest absolute Gasteiger partial charge is 0.416 e. The Hall–Kier alpha value is -1.61. The number of halogens is 3. The Morgan fingerprint density at radius 1 is 1.29 bits per heavy atom. The lowest BCUT2D eigenvalue weighted by Crippen LogP contribution is -2.39. The van der Waals surface area contributed by atoms with Gasteiger partial charge in [0, 0.05) is 19.6 Å². The molecule has 1 aromatic carbocycles. The fraction of sp³-hybridized carbons (Fsp3) is 0.417. The first kappa shape index (κ1) is 14.3. The molecule has 0 saturated carbocycles. The van der Waals surface area contributed by atoms with Gasteiger partial charge in [0.2, 0.25) is 5.16 Å². The molecule has 114 valence electrons. The maximum absolute atomic E-state index is 12.8. The molecule has 0 fully saturated rings. The van der Waals surface area contributed by atoms with Crippen LogP contribution in [0, 0.1) is 0 Å². The van der Waals surface area contributed by atoms with E-state index in [2.05, 4.69) is 4.98 Å². The lowest BCUT2D eigenvalue weighted by Gasteiger charge is -2.25. The molecule has 1 aliphatic rings. The van der Waals surface area contributed by atoms with Gasteiger partial charge in [-0.05, 0) is 18.2 Å². The maximum Gasteiger partial charge on any atom is 0.416 e. The molecule has 5 nitrogen and oxygen atoms in total. The standard InChI is InChI=1S/C12H12F3N3O2S/c1-2-17-5-6-18-10-7-8(12(13,14)15)3-4-9(10)16-11(18)21(17,19)20/h3-4,7H,2,5-6H2,1H3. The highest BCUT2D eigenvalue weighted by Gasteiger charge is 2.35. The number of fused-ring (bicyclic) bond motifs is 3. The third-order valence-corrected chi connectivity index (χ3v) is 5.43. The average Bonchev–Trinajstić information content (AvgIpc) is 2.77. The Morgan fingerprint density at radius 3 is 2.62 bits per heavy atom. The van der Waals surface area contributed by atoms with Crippen LogP contribution in [0.2, 0.25) is 0 Å². The van der Waals surface area contributed by atoms with Crippen molar-refractivity contribution in [2.24, 2.45) is 0 Å². The van der Waals surface area contributed by atoms with E-state index in [-0.39, 0.29) is 22.7 Å². The number of aromatic nitrogens is 2. The molecule has 0 aliphatic carbocycles. The van der Waals surface area contributed by atoms with Gasteiger partial charge in [0.15, 0.2) is 0 Å². The van der Waals surface area contributed by atoms with Crippen LogP contribution in [-0.2, 0) is 22.7 Å². The van der Waals surface area contributed by atoms with Gasteiger partial charge in [-0.15, -0.1) is 0 Å². The number of nitrogens with zero attached hydrogens (tertiary/aromatic N) is 3. The minimum atomic E-state index is -4.47. The Balaban J connectivity index is 2.25. The first-order valence-electron chi connectivity index (χ1n) is 6.33. The van der Waals surface area contributed by atoms with E-state index in [0.29, 0.717) is 13.1 Å². The molecular formula is C12H12F3N3O2S. The number of alkyl halides is 3. The van der Waals surface area contributed by atoms with Gasteiger partial charge in [0.05, 0.1) is 16.6 Å². The lowest BCUT2D eigenvalue weighted by atomic mass is 10.2. The van der Waals surface area contributed by atoms with Crippen LogP contribution < -0.4 is 0 Å². The average molecular weight is 319 g/mol. The van der Waals surface area contributed by atoms with E-state index in [1.165, 1.54) is 14.9 Å². The molecule has 0 spiro atoms.